The van der Waals surface area contributed by atoms with E-state index in [4.69, 9.17) is 0 Å². The zero-order chi connectivity index (χ0) is 26.3. The van der Waals surface area contributed by atoms with Gasteiger partial charge in [-0.05, 0) is 49.7 Å². The van der Waals surface area contributed by atoms with E-state index in [2.05, 4.69) is 5.10 Å². The van der Waals surface area contributed by atoms with E-state index in [1.54, 1.807) is 22.9 Å². The van der Waals surface area contributed by atoms with Crippen LogP contribution in [0.15, 0.2) is 48.5 Å². The number of carbonyl (C=O) groups excluding carboxylic acids is 1. The van der Waals surface area contributed by atoms with Crippen LogP contribution in [-0.2, 0) is 17.1 Å². The Kier molecular flexibility index (Phi) is 6.87. The minimum Gasteiger partial charge on any atom is -0.368 e. The Morgan fingerprint density at radius 2 is 1.44 bits per heavy atom. The molecule has 1 unspecified atom stereocenters. The molecule has 2 aromatic carbocycles. The summed E-state index contributed by atoms with van der Waals surface area (Å²) < 4.78 is 82.1. The Morgan fingerprint density at radius 1 is 0.861 bits per heavy atom. The summed E-state index contributed by atoms with van der Waals surface area (Å²) in [7, 11) is 0. The molecule has 0 aliphatic carbocycles. The fourth-order valence-electron chi connectivity index (χ4n) is 4.54. The summed E-state index contributed by atoms with van der Waals surface area (Å²) in [5, 5.41) is 4.39. The van der Waals surface area contributed by atoms with E-state index in [9.17, 15) is 31.1 Å². The summed E-state index contributed by atoms with van der Waals surface area (Å²) in [6, 6.07) is 9.95. The average Bonchev–Trinajstić information content (AvgIpc) is 3.16. The van der Waals surface area contributed by atoms with Gasteiger partial charge < -0.3 is 4.90 Å². The van der Waals surface area contributed by atoms with E-state index in [0.29, 0.717) is 31.9 Å². The predicted molar refractivity (Wildman–Crippen MR) is 122 cm³/mol. The van der Waals surface area contributed by atoms with Crippen LogP contribution in [0.2, 0.25) is 0 Å². The highest BCUT2D eigenvalue weighted by atomic mass is 19.4. The van der Waals surface area contributed by atoms with Gasteiger partial charge >= 0.3 is 12.4 Å². The van der Waals surface area contributed by atoms with Gasteiger partial charge in [-0.25, -0.2) is 4.68 Å². The van der Waals surface area contributed by atoms with Crippen molar-refractivity contribution in [2.75, 3.05) is 31.1 Å². The summed E-state index contributed by atoms with van der Waals surface area (Å²) in [5.74, 6) is 0. The topological polar surface area (TPSA) is 41.4 Å². The van der Waals surface area contributed by atoms with Crippen LogP contribution in [0.25, 0.3) is 11.1 Å². The molecule has 1 fully saturated rings. The first-order chi connectivity index (χ1) is 16.9. The van der Waals surface area contributed by atoms with Crippen LogP contribution in [-0.4, -0.2) is 47.1 Å². The van der Waals surface area contributed by atoms with Crippen molar-refractivity contribution in [2.45, 2.75) is 32.4 Å². The first-order valence-corrected chi connectivity index (χ1v) is 11.2. The van der Waals surface area contributed by atoms with Gasteiger partial charge in [0.1, 0.15) is 0 Å². The van der Waals surface area contributed by atoms with Gasteiger partial charge in [-0.2, -0.15) is 31.4 Å². The number of benzene rings is 2. The average molecular weight is 510 g/mol. The number of para-hydroxylation sites is 1. The van der Waals surface area contributed by atoms with Crippen molar-refractivity contribution >= 4 is 12.0 Å². The molecule has 0 spiro atoms. The number of rotatable bonds is 5. The van der Waals surface area contributed by atoms with Gasteiger partial charge in [0, 0.05) is 43.1 Å². The first kappa shape index (κ1) is 25.7. The van der Waals surface area contributed by atoms with E-state index in [1.165, 1.54) is 6.07 Å². The van der Waals surface area contributed by atoms with Gasteiger partial charge in [-0.3, -0.25) is 9.69 Å². The predicted octanol–water partition coefficient (Wildman–Crippen LogP) is 5.72. The Hall–Kier alpha value is -3.34. The highest BCUT2D eigenvalue weighted by molar-refractivity contribution is 5.79. The van der Waals surface area contributed by atoms with Crippen molar-refractivity contribution < 1.29 is 31.1 Å². The number of aryl methyl sites for hydroxylation is 2. The molecule has 1 atom stereocenters. The van der Waals surface area contributed by atoms with E-state index < -0.39 is 29.6 Å². The number of hydrogen-bond donors (Lipinski definition) is 0. The number of nitrogens with zero attached hydrogens (tertiary/aromatic N) is 4. The quantitative estimate of drug-likeness (QED) is 0.325. The number of carbonyl (C=O) groups is 1. The monoisotopic (exact) mass is 510 g/mol. The lowest BCUT2D eigenvalue weighted by Gasteiger charge is -2.39. The van der Waals surface area contributed by atoms with Gasteiger partial charge in [0.2, 0.25) is 0 Å². The molecule has 0 bridgehead atoms. The lowest BCUT2D eigenvalue weighted by atomic mass is 9.97. The van der Waals surface area contributed by atoms with Crippen molar-refractivity contribution in [3.8, 4) is 11.1 Å². The number of aldehydes is 1. The molecule has 11 heteroatoms. The zero-order valence-electron chi connectivity index (χ0n) is 19.6. The molecule has 1 aliphatic heterocycles. The van der Waals surface area contributed by atoms with Gasteiger partial charge in [0.05, 0.1) is 16.8 Å². The van der Waals surface area contributed by atoms with Crippen LogP contribution in [0.4, 0.5) is 32.0 Å². The van der Waals surface area contributed by atoms with Crippen molar-refractivity contribution in [1.82, 2.24) is 14.7 Å². The minimum absolute atomic E-state index is 0.128. The molecular formula is C25H24F6N4O. The van der Waals surface area contributed by atoms with Crippen LogP contribution in [0.3, 0.4) is 0 Å². The first-order valence-electron chi connectivity index (χ1n) is 11.2. The molecule has 5 nitrogen and oxygen atoms in total. The highest BCUT2D eigenvalue weighted by Crippen LogP contribution is 2.41. The van der Waals surface area contributed by atoms with Crippen LogP contribution < -0.4 is 4.90 Å². The standard InChI is InChI=1S/C25H24F6N4O/c1-16-11-17(2)35(32-16)23(15-36)34-9-7-33(8-10-34)22-6-4-3-5-21(22)18-12-19(24(26,27)28)14-20(13-18)25(29,30)31/h3-6,11-15,23H,7-10H2,1-2H3. The largest absolute Gasteiger partial charge is 0.416 e. The molecule has 3 aromatic rings. The lowest BCUT2D eigenvalue weighted by molar-refractivity contribution is -0.143. The summed E-state index contributed by atoms with van der Waals surface area (Å²) in [4.78, 5) is 15.7. The summed E-state index contributed by atoms with van der Waals surface area (Å²) >= 11 is 0. The molecule has 0 saturated carbocycles. The zero-order valence-corrected chi connectivity index (χ0v) is 19.6. The number of aromatic nitrogens is 2. The van der Waals surface area contributed by atoms with Crippen molar-refractivity contribution in [1.29, 1.82) is 0 Å². The second kappa shape index (κ2) is 9.61. The SMILES string of the molecule is Cc1cc(C)n(C(C=O)N2CCN(c3ccccc3-c3cc(C(F)(F)F)cc(C(F)(F)F)c3)CC2)n1. The Balaban J connectivity index is 1.63. The molecule has 1 aliphatic rings. The summed E-state index contributed by atoms with van der Waals surface area (Å²) in [6.07, 6.45) is -9.65. The Bertz CT molecular complexity index is 1210. The smallest absolute Gasteiger partial charge is 0.368 e. The maximum absolute atomic E-state index is 13.4. The summed E-state index contributed by atoms with van der Waals surface area (Å²) in [6.45, 7) is 5.43. The number of piperazine rings is 1. The molecule has 4 rings (SSSR count). The third-order valence-corrected chi connectivity index (χ3v) is 6.25. The van der Waals surface area contributed by atoms with E-state index in [0.717, 1.165) is 29.8 Å². The molecule has 0 amide bonds. The Morgan fingerprint density at radius 3 is 1.94 bits per heavy atom. The molecule has 0 N–H and O–H groups in total. The van der Waals surface area contributed by atoms with E-state index in [-0.39, 0.29) is 17.2 Å². The van der Waals surface area contributed by atoms with Crippen LogP contribution >= 0.6 is 0 Å². The number of alkyl halides is 6. The minimum atomic E-state index is -4.93. The lowest BCUT2D eigenvalue weighted by Crippen LogP contribution is -2.49. The molecule has 1 saturated heterocycles. The van der Waals surface area contributed by atoms with Gasteiger partial charge in [0.15, 0.2) is 12.5 Å². The summed E-state index contributed by atoms with van der Waals surface area (Å²) in [5.41, 5.74) is -0.458. The molecule has 192 valence electrons. The van der Waals surface area contributed by atoms with Crippen molar-refractivity contribution in [3.05, 3.63) is 71.0 Å². The highest BCUT2D eigenvalue weighted by Gasteiger charge is 2.37. The van der Waals surface area contributed by atoms with Crippen molar-refractivity contribution in [2.24, 2.45) is 0 Å². The molecule has 0 radical (unpaired) electrons. The van der Waals surface area contributed by atoms with Gasteiger partial charge in [-0.15, -0.1) is 0 Å². The van der Waals surface area contributed by atoms with Crippen LogP contribution in [0, 0.1) is 13.8 Å². The maximum Gasteiger partial charge on any atom is 0.416 e. The number of anilines is 1. The number of hydrogen-bond acceptors (Lipinski definition) is 4. The molecule has 1 aromatic heterocycles. The van der Waals surface area contributed by atoms with E-state index in [1.807, 2.05) is 29.7 Å². The second-order valence-corrected chi connectivity index (χ2v) is 8.76. The molecule has 36 heavy (non-hydrogen) atoms. The molecule has 2 heterocycles. The normalized spacial score (nSPS) is 16.3. The van der Waals surface area contributed by atoms with Crippen molar-refractivity contribution in [3.63, 3.8) is 0 Å². The second-order valence-electron chi connectivity index (χ2n) is 8.76. The van der Waals surface area contributed by atoms with Crippen LogP contribution in [0.5, 0.6) is 0 Å². The Labute approximate surface area is 203 Å². The van der Waals surface area contributed by atoms with Gasteiger partial charge in [0.25, 0.3) is 0 Å². The fraction of sp³-hybridized carbons (Fsp3) is 0.360. The van der Waals surface area contributed by atoms with Gasteiger partial charge in [-0.1, -0.05) is 18.2 Å². The number of halogens is 6. The van der Waals surface area contributed by atoms with Crippen LogP contribution in [0.1, 0.15) is 28.7 Å². The maximum atomic E-state index is 13.4. The third-order valence-electron chi connectivity index (χ3n) is 6.25. The third kappa shape index (κ3) is 5.25. The fourth-order valence-corrected chi connectivity index (χ4v) is 4.54. The molecular weight excluding hydrogens is 486 g/mol. The van der Waals surface area contributed by atoms with E-state index >= 15 is 0 Å².